The van der Waals surface area contributed by atoms with Crippen molar-refractivity contribution in [2.45, 2.75) is 62.2 Å². The van der Waals surface area contributed by atoms with Crippen molar-refractivity contribution in [3.8, 4) is 55.6 Å². The molecule has 0 radical (unpaired) electrons. The fourth-order valence-electron chi connectivity index (χ4n) is 10.8. The Labute approximate surface area is 637 Å². The van der Waals surface area contributed by atoms with Crippen LogP contribution in [-0.2, 0) is 30.3 Å². The molecule has 0 aliphatic rings. The number of fused-ring (bicyclic) bond motifs is 4. The Hall–Kier alpha value is -8.86. The number of benzene rings is 10. The van der Waals surface area contributed by atoms with Crippen LogP contribution in [0.25, 0.3) is 136 Å². The van der Waals surface area contributed by atoms with Gasteiger partial charge in [0.2, 0.25) is 23.6 Å². The van der Waals surface area contributed by atoms with Gasteiger partial charge in [0.05, 0.1) is 26.7 Å². The topological polar surface area (TPSA) is 203 Å². The van der Waals surface area contributed by atoms with Gasteiger partial charge >= 0.3 is 59.1 Å². The predicted octanol–water partition coefficient (Wildman–Crippen LogP) is 15.3. The van der Waals surface area contributed by atoms with E-state index in [-0.39, 0.29) is 74.8 Å². The normalized spacial score (nSPS) is 11.9. The number of para-hydroxylation sites is 4. The van der Waals surface area contributed by atoms with E-state index in [0.29, 0.717) is 29.1 Å². The molecule has 0 bridgehead atoms. The van der Waals surface area contributed by atoms with E-state index in [1.165, 1.54) is 23.3 Å². The van der Waals surface area contributed by atoms with Gasteiger partial charge in [-0.2, -0.15) is 4.33 Å². The molecular weight excluding hydrogens is 1340 g/mol. The zero-order valence-electron chi connectivity index (χ0n) is 56.7. The molecule has 0 saturated carbocycles. The van der Waals surface area contributed by atoms with Crippen LogP contribution in [0.3, 0.4) is 0 Å². The molecule has 10 aromatic carbocycles. The minimum atomic E-state index is -4.54. The zero-order valence-corrected chi connectivity index (χ0v) is 63.1. The van der Waals surface area contributed by atoms with Crippen LogP contribution < -0.4 is 64.4 Å². The maximum absolute atomic E-state index is 11.4. The van der Waals surface area contributed by atoms with Crippen LogP contribution in [0.15, 0.2) is 270 Å². The minimum Gasteiger partial charge on any atom is -0.744 e. The fraction of sp³-hybridized carbons (Fsp3) is 0.0976. The summed E-state index contributed by atoms with van der Waals surface area (Å²) in [5.41, 5.74) is 18.7. The van der Waals surface area contributed by atoms with Crippen LogP contribution >= 0.6 is 23.4 Å². The third-order valence-corrected chi connectivity index (χ3v) is 18.9. The number of hydrogen-bond donors (Lipinski definition) is 0. The van der Waals surface area contributed by atoms with Crippen molar-refractivity contribution >= 4 is 114 Å². The maximum Gasteiger partial charge on any atom is 1.00 e. The van der Waals surface area contributed by atoms with Crippen molar-refractivity contribution in [1.29, 1.82) is 0 Å². The molecule has 5 aromatic heterocycles. The van der Waals surface area contributed by atoms with Crippen molar-refractivity contribution in [2.75, 3.05) is 0 Å². The Morgan fingerprint density at radius 1 is 0.396 bits per heavy atom. The van der Waals surface area contributed by atoms with Gasteiger partial charge in [-0.05, 0) is 164 Å². The van der Waals surface area contributed by atoms with E-state index in [4.69, 9.17) is 27.6 Å². The molecule has 15 rings (SSSR count). The summed E-state index contributed by atoms with van der Waals surface area (Å²) >= 11 is 2.43. The first kappa shape index (κ1) is 73.4. The summed E-state index contributed by atoms with van der Waals surface area (Å²) in [6, 6.07) is 77.9. The van der Waals surface area contributed by atoms with Crippen LogP contribution in [0.2, 0.25) is 0 Å². The number of thiophene rings is 1. The summed E-state index contributed by atoms with van der Waals surface area (Å²) in [5.74, 6) is 2.53. The van der Waals surface area contributed by atoms with Gasteiger partial charge in [0, 0.05) is 16.0 Å². The molecule has 15 aromatic rings. The molecular formula is C82H64N4Na2O10S3. The van der Waals surface area contributed by atoms with Crippen LogP contribution in [0.4, 0.5) is 0 Å². The van der Waals surface area contributed by atoms with E-state index in [1.54, 1.807) is 35.6 Å². The third-order valence-electron chi connectivity index (χ3n) is 16.2. The molecule has 0 saturated heterocycles. The summed E-state index contributed by atoms with van der Waals surface area (Å²) in [6.45, 7) is 13.2. The summed E-state index contributed by atoms with van der Waals surface area (Å²) < 4.78 is 62.5. The molecule has 14 nitrogen and oxygen atoms in total. The first-order valence-corrected chi connectivity index (χ1v) is 34.7. The van der Waals surface area contributed by atoms with Gasteiger partial charge in [0.1, 0.15) is 32.2 Å². The quantitative estimate of drug-likeness (QED) is 0.0234. The molecule has 0 N–H and O–H groups in total. The SMILES string of the molecule is C(=C\c1ccc(-c2nc3ccccc3o2)cc1)/c1ccc(-c2nc3ccccc3o2)cc1.CC(C)(C)c1ccc2oc(-c3ccc(-c4nc5cc(C(C)(C)C)ccc5o4)s3)nc2c1.O=S(=O)([O-])c1ccccc1/C=C/c1ccc(-c2ccc(/C=C/c3ccccc3SOO[O-])cc2)cc1.[Na+].[Na+]. The van der Waals surface area contributed by atoms with E-state index in [0.717, 1.165) is 121 Å². The molecule has 0 amide bonds. The van der Waals surface area contributed by atoms with E-state index >= 15 is 0 Å². The molecule has 19 heteroatoms. The molecule has 0 spiro atoms. The molecule has 0 unspecified atom stereocenters. The molecule has 5 heterocycles. The van der Waals surface area contributed by atoms with Gasteiger partial charge in [0.25, 0.3) is 0 Å². The van der Waals surface area contributed by atoms with Crippen LogP contribution in [0.5, 0.6) is 0 Å². The van der Waals surface area contributed by atoms with Crippen molar-refractivity contribution in [1.82, 2.24) is 19.9 Å². The van der Waals surface area contributed by atoms with Crippen molar-refractivity contribution < 1.29 is 104 Å². The van der Waals surface area contributed by atoms with Gasteiger partial charge in [0.15, 0.2) is 22.3 Å². The van der Waals surface area contributed by atoms with Gasteiger partial charge in [-0.1, -0.05) is 224 Å². The molecule has 0 aliphatic heterocycles. The van der Waals surface area contributed by atoms with Crippen molar-refractivity contribution in [2.24, 2.45) is 0 Å². The Morgan fingerprint density at radius 3 is 1.18 bits per heavy atom. The summed E-state index contributed by atoms with van der Waals surface area (Å²) in [5, 5.41) is 13.5. The monoisotopic (exact) mass is 1410 g/mol. The number of rotatable bonds is 15. The fourth-order valence-corrected chi connectivity index (χ4v) is 12.8. The summed E-state index contributed by atoms with van der Waals surface area (Å²) in [6.07, 6.45) is 11.5. The van der Waals surface area contributed by atoms with E-state index in [2.05, 4.69) is 122 Å². The molecule has 0 aliphatic carbocycles. The summed E-state index contributed by atoms with van der Waals surface area (Å²) in [4.78, 5) is 21.0. The predicted molar refractivity (Wildman–Crippen MR) is 394 cm³/mol. The standard InChI is InChI=1S/C28H18N2O2.C28H22O6S2.C26H26N2O2S.2Na/c1-3-7-25-23(5-1)29-27(31-25)21-15-11-19(12-16-21)9-10-20-13-17-22(18-14-20)28-30-24-6-2-4-8-26(24)32-28;29-33-34-35-27-7-3-1-5-25(27)19-13-21-9-15-23(16-10-21)24-17-11-22(12-18-24)14-20-26-6-2-4-8-28(26)36(30,31)32;1-25(2,3)15-7-9-19-17(13-15)27-23(29-19)21-11-12-22(31-21)24-28-18-14-16(26(4,5)6)8-10-20(18)30-24;;/h1-18H;1-20,29H,(H,30,31,32);7-14H,1-6H3;;/q;;;2*+1/p-2/b10-9+;19-13+,20-14+;;;. The zero-order chi connectivity index (χ0) is 68.7. The minimum absolute atomic E-state index is 0. The van der Waals surface area contributed by atoms with Crippen LogP contribution in [-0.4, -0.2) is 32.9 Å². The van der Waals surface area contributed by atoms with Crippen LogP contribution in [0, 0.1) is 0 Å². The molecule has 492 valence electrons. The first-order valence-electron chi connectivity index (χ1n) is 31.7. The average molecular weight is 1410 g/mol. The van der Waals surface area contributed by atoms with Gasteiger partial charge in [-0.15, -0.1) is 11.3 Å². The molecule has 0 atom stereocenters. The Bertz CT molecular complexity index is 5260. The molecule has 0 fully saturated rings. The second-order valence-corrected chi connectivity index (χ2v) is 28.5. The number of aromatic nitrogens is 4. The second-order valence-electron chi connectivity index (χ2n) is 25.3. The first-order chi connectivity index (χ1) is 47.8. The Morgan fingerprint density at radius 2 is 0.752 bits per heavy atom. The number of nitrogens with zero attached hydrogens (tertiary/aromatic N) is 4. The Balaban J connectivity index is 0.000000151. The van der Waals surface area contributed by atoms with Gasteiger partial charge in [-0.3, -0.25) is 5.04 Å². The maximum atomic E-state index is 11.4. The smallest absolute Gasteiger partial charge is 0.744 e. The third kappa shape index (κ3) is 18.3. The number of hydrogen-bond acceptors (Lipinski definition) is 16. The van der Waals surface area contributed by atoms with E-state index in [9.17, 15) is 18.2 Å². The average Bonchev–Trinajstić information content (AvgIpc) is 1.68. The molecule has 101 heavy (non-hydrogen) atoms. The van der Waals surface area contributed by atoms with Crippen LogP contribution in [0.1, 0.15) is 86.1 Å². The van der Waals surface area contributed by atoms with Gasteiger partial charge < -0.3 is 27.5 Å². The van der Waals surface area contributed by atoms with Crippen molar-refractivity contribution in [3.05, 3.63) is 287 Å². The second kappa shape index (κ2) is 32.4. The number of oxazole rings is 4. The summed E-state index contributed by atoms with van der Waals surface area (Å²) in [7, 11) is -4.54. The Kier molecular flexibility index (Phi) is 23.5. The van der Waals surface area contributed by atoms with E-state index < -0.39 is 10.1 Å². The van der Waals surface area contributed by atoms with E-state index in [1.807, 2.05) is 182 Å². The van der Waals surface area contributed by atoms with Crippen molar-refractivity contribution in [3.63, 3.8) is 0 Å². The van der Waals surface area contributed by atoms with Gasteiger partial charge in [-0.25, -0.2) is 28.4 Å². The largest absolute Gasteiger partial charge is 1.00 e.